The summed E-state index contributed by atoms with van der Waals surface area (Å²) >= 11 is 0. The molecule has 0 atom stereocenters. The van der Waals surface area contributed by atoms with Gasteiger partial charge in [-0.05, 0) is 47.9 Å². The Morgan fingerprint density at radius 3 is 2.44 bits per heavy atom. The van der Waals surface area contributed by atoms with Crippen LogP contribution in [0.4, 0.5) is 0 Å². The van der Waals surface area contributed by atoms with Crippen molar-refractivity contribution in [2.75, 3.05) is 26.9 Å². The van der Waals surface area contributed by atoms with Crippen LogP contribution in [0.5, 0.6) is 11.5 Å². The standard InChI is InChI=1S/C22H26O5/c1-3-4-13-26-14-15-27-20-9-5-17(6-10-20)18-7-11-21(25-2)19(16-18)8-12-22(23)24/h5-12,16H,3-4,13-15H2,1-2H3,(H,23,24)/b12-8+. The average molecular weight is 370 g/mol. The van der Waals surface area contributed by atoms with E-state index in [4.69, 9.17) is 19.3 Å². The Labute approximate surface area is 160 Å². The van der Waals surface area contributed by atoms with Crippen LogP contribution in [0.2, 0.25) is 0 Å². The van der Waals surface area contributed by atoms with Gasteiger partial charge in [0.05, 0.1) is 13.7 Å². The first-order chi connectivity index (χ1) is 13.1. The van der Waals surface area contributed by atoms with E-state index in [0.29, 0.717) is 24.5 Å². The van der Waals surface area contributed by atoms with Gasteiger partial charge in [-0.2, -0.15) is 0 Å². The highest BCUT2D eigenvalue weighted by Gasteiger charge is 2.05. The van der Waals surface area contributed by atoms with E-state index in [-0.39, 0.29) is 0 Å². The number of aliphatic carboxylic acids is 1. The lowest BCUT2D eigenvalue weighted by Gasteiger charge is -2.10. The van der Waals surface area contributed by atoms with Crippen LogP contribution < -0.4 is 9.47 Å². The molecule has 0 bridgehead atoms. The van der Waals surface area contributed by atoms with Gasteiger partial charge in [0.1, 0.15) is 18.1 Å². The van der Waals surface area contributed by atoms with Crippen molar-refractivity contribution in [3.05, 3.63) is 54.1 Å². The second-order valence-electron chi connectivity index (χ2n) is 5.97. The monoisotopic (exact) mass is 370 g/mol. The second kappa shape index (κ2) is 11.0. The number of rotatable bonds is 11. The molecule has 1 N–H and O–H groups in total. The molecule has 0 aliphatic heterocycles. The van der Waals surface area contributed by atoms with E-state index < -0.39 is 5.97 Å². The van der Waals surface area contributed by atoms with Crippen molar-refractivity contribution in [2.45, 2.75) is 19.8 Å². The minimum Gasteiger partial charge on any atom is -0.496 e. The number of carboxylic acids is 1. The first-order valence-electron chi connectivity index (χ1n) is 9.04. The maximum absolute atomic E-state index is 10.8. The number of hydrogen-bond acceptors (Lipinski definition) is 4. The number of carboxylic acid groups (broad SMARTS) is 1. The summed E-state index contributed by atoms with van der Waals surface area (Å²) in [5.74, 6) is 0.416. The molecule has 27 heavy (non-hydrogen) atoms. The highest BCUT2D eigenvalue weighted by atomic mass is 16.5. The van der Waals surface area contributed by atoms with Crippen LogP contribution in [0.1, 0.15) is 25.3 Å². The summed E-state index contributed by atoms with van der Waals surface area (Å²) in [6, 6.07) is 13.4. The minimum absolute atomic E-state index is 0.524. The van der Waals surface area contributed by atoms with Crippen molar-refractivity contribution in [2.24, 2.45) is 0 Å². The van der Waals surface area contributed by atoms with E-state index in [0.717, 1.165) is 42.4 Å². The van der Waals surface area contributed by atoms with Crippen molar-refractivity contribution in [1.29, 1.82) is 0 Å². The third-order valence-corrected chi connectivity index (χ3v) is 3.96. The predicted molar refractivity (Wildman–Crippen MR) is 106 cm³/mol. The van der Waals surface area contributed by atoms with E-state index in [9.17, 15) is 4.79 Å². The van der Waals surface area contributed by atoms with E-state index >= 15 is 0 Å². The third kappa shape index (κ3) is 6.79. The second-order valence-corrected chi connectivity index (χ2v) is 5.97. The van der Waals surface area contributed by atoms with Crippen molar-refractivity contribution in [1.82, 2.24) is 0 Å². The molecule has 0 aliphatic rings. The molecule has 0 aliphatic carbocycles. The molecular weight excluding hydrogens is 344 g/mol. The zero-order chi connectivity index (χ0) is 19.5. The molecule has 0 saturated heterocycles. The summed E-state index contributed by atoms with van der Waals surface area (Å²) in [7, 11) is 1.56. The zero-order valence-corrected chi connectivity index (χ0v) is 15.8. The lowest BCUT2D eigenvalue weighted by atomic mass is 10.0. The molecule has 2 aromatic rings. The number of ether oxygens (including phenoxy) is 3. The Bertz CT molecular complexity index is 750. The predicted octanol–water partition coefficient (Wildman–Crippen LogP) is 4.66. The lowest BCUT2D eigenvalue weighted by molar-refractivity contribution is -0.131. The Balaban J connectivity index is 2.01. The summed E-state index contributed by atoms with van der Waals surface area (Å²) in [4.78, 5) is 10.8. The van der Waals surface area contributed by atoms with Gasteiger partial charge in [-0.1, -0.05) is 31.5 Å². The van der Waals surface area contributed by atoms with Gasteiger partial charge in [0.2, 0.25) is 0 Å². The molecule has 0 spiro atoms. The molecule has 0 fully saturated rings. The highest BCUT2D eigenvalue weighted by molar-refractivity contribution is 5.86. The number of hydrogen-bond donors (Lipinski definition) is 1. The molecule has 5 heteroatoms. The molecular formula is C22H26O5. The molecule has 0 heterocycles. The maximum Gasteiger partial charge on any atom is 0.328 e. The first kappa shape index (κ1) is 20.5. The van der Waals surface area contributed by atoms with E-state index in [2.05, 4.69) is 6.92 Å². The minimum atomic E-state index is -0.998. The molecule has 5 nitrogen and oxygen atoms in total. The van der Waals surface area contributed by atoms with E-state index in [1.165, 1.54) is 6.08 Å². The Kier molecular flexibility index (Phi) is 8.39. The smallest absolute Gasteiger partial charge is 0.328 e. The highest BCUT2D eigenvalue weighted by Crippen LogP contribution is 2.28. The lowest BCUT2D eigenvalue weighted by Crippen LogP contribution is -2.07. The van der Waals surface area contributed by atoms with Crippen LogP contribution in [0, 0.1) is 0 Å². The van der Waals surface area contributed by atoms with Gasteiger partial charge < -0.3 is 19.3 Å². The van der Waals surface area contributed by atoms with Crippen molar-refractivity contribution < 1.29 is 24.1 Å². The van der Waals surface area contributed by atoms with Crippen LogP contribution in [0.3, 0.4) is 0 Å². The summed E-state index contributed by atoms with van der Waals surface area (Å²) < 4.78 is 16.5. The molecule has 0 radical (unpaired) electrons. The van der Waals surface area contributed by atoms with Gasteiger partial charge in [-0.15, -0.1) is 0 Å². The molecule has 0 aromatic heterocycles. The topological polar surface area (TPSA) is 65.0 Å². The van der Waals surface area contributed by atoms with Gasteiger partial charge in [0, 0.05) is 18.2 Å². The fourth-order valence-electron chi connectivity index (χ4n) is 2.52. The zero-order valence-electron chi connectivity index (χ0n) is 15.8. The molecule has 2 aromatic carbocycles. The summed E-state index contributed by atoms with van der Waals surface area (Å²) in [5.41, 5.74) is 2.69. The van der Waals surface area contributed by atoms with Crippen LogP contribution in [-0.2, 0) is 9.53 Å². The first-order valence-corrected chi connectivity index (χ1v) is 9.04. The number of unbranched alkanes of at least 4 members (excludes halogenated alkanes) is 1. The largest absolute Gasteiger partial charge is 0.496 e. The van der Waals surface area contributed by atoms with E-state index in [1.54, 1.807) is 7.11 Å². The summed E-state index contributed by atoms with van der Waals surface area (Å²) in [6.45, 7) is 4.01. The van der Waals surface area contributed by atoms with Gasteiger partial charge in [-0.3, -0.25) is 0 Å². The molecule has 0 amide bonds. The van der Waals surface area contributed by atoms with Crippen LogP contribution in [0.25, 0.3) is 17.2 Å². The van der Waals surface area contributed by atoms with Gasteiger partial charge in [0.25, 0.3) is 0 Å². The fraction of sp³-hybridized carbons (Fsp3) is 0.318. The Hall–Kier alpha value is -2.79. The molecule has 144 valence electrons. The SMILES string of the molecule is CCCCOCCOc1ccc(-c2ccc(OC)c(/C=C/C(=O)O)c2)cc1. The van der Waals surface area contributed by atoms with Crippen LogP contribution in [0.15, 0.2) is 48.5 Å². The van der Waals surface area contributed by atoms with Crippen molar-refractivity contribution in [3.8, 4) is 22.6 Å². The number of methoxy groups -OCH3 is 1. The van der Waals surface area contributed by atoms with Crippen molar-refractivity contribution in [3.63, 3.8) is 0 Å². The number of benzene rings is 2. The van der Waals surface area contributed by atoms with Crippen LogP contribution in [-0.4, -0.2) is 38.0 Å². The summed E-state index contributed by atoms with van der Waals surface area (Å²) in [5, 5.41) is 8.84. The Morgan fingerprint density at radius 1 is 1.04 bits per heavy atom. The third-order valence-electron chi connectivity index (χ3n) is 3.96. The molecule has 0 unspecified atom stereocenters. The van der Waals surface area contributed by atoms with Gasteiger partial charge >= 0.3 is 5.97 Å². The van der Waals surface area contributed by atoms with E-state index in [1.807, 2.05) is 42.5 Å². The fourth-order valence-corrected chi connectivity index (χ4v) is 2.52. The maximum atomic E-state index is 10.8. The van der Waals surface area contributed by atoms with Crippen molar-refractivity contribution >= 4 is 12.0 Å². The molecule has 2 rings (SSSR count). The summed E-state index contributed by atoms with van der Waals surface area (Å²) in [6.07, 6.45) is 4.82. The van der Waals surface area contributed by atoms with Crippen LogP contribution >= 0.6 is 0 Å². The van der Waals surface area contributed by atoms with Gasteiger partial charge in [-0.25, -0.2) is 4.79 Å². The Morgan fingerprint density at radius 2 is 1.78 bits per heavy atom. The molecule has 0 saturated carbocycles. The average Bonchev–Trinajstić information content (AvgIpc) is 2.69. The van der Waals surface area contributed by atoms with Gasteiger partial charge in [0.15, 0.2) is 0 Å². The quantitative estimate of drug-likeness (QED) is 0.460. The number of carbonyl (C=O) groups is 1. The normalized spacial score (nSPS) is 10.9.